The lowest BCUT2D eigenvalue weighted by Gasteiger charge is -2.29. The van der Waals surface area contributed by atoms with Gasteiger partial charge in [0.15, 0.2) is 0 Å². The summed E-state index contributed by atoms with van der Waals surface area (Å²) in [5.41, 5.74) is 2.14. The SMILES string of the molecule is C=c1cc(-c2ccc(/C(C)=C(\C#N)C(=O)NC(C)(C)CCOC)o2)cc/c1=C/C(=C\C)N1CCCCC1.CC. The van der Waals surface area contributed by atoms with E-state index in [1.807, 2.05) is 52.0 Å². The molecule has 0 bridgehead atoms. The number of nitrogens with zero attached hydrogens (tertiary/aromatic N) is 2. The summed E-state index contributed by atoms with van der Waals surface area (Å²) in [6.07, 6.45) is 8.76. The summed E-state index contributed by atoms with van der Waals surface area (Å²) >= 11 is 0. The van der Waals surface area contributed by atoms with E-state index in [9.17, 15) is 10.1 Å². The molecule has 0 radical (unpaired) electrons. The Balaban J connectivity index is 0.00000260. The molecule has 1 fully saturated rings. The number of furan rings is 1. The van der Waals surface area contributed by atoms with Gasteiger partial charge in [-0.2, -0.15) is 5.26 Å². The van der Waals surface area contributed by atoms with E-state index in [1.54, 1.807) is 20.1 Å². The van der Waals surface area contributed by atoms with Gasteiger partial charge in [-0.15, -0.1) is 0 Å². The number of benzene rings is 1. The molecule has 39 heavy (non-hydrogen) atoms. The topological polar surface area (TPSA) is 78.5 Å². The lowest BCUT2D eigenvalue weighted by molar-refractivity contribution is -0.118. The highest BCUT2D eigenvalue weighted by atomic mass is 16.5. The summed E-state index contributed by atoms with van der Waals surface area (Å²) in [5, 5.41) is 14.6. The molecular formula is C33H45N3O3. The smallest absolute Gasteiger partial charge is 0.262 e. The number of allylic oxidation sites excluding steroid dienone is 3. The van der Waals surface area contributed by atoms with Crippen LogP contribution in [0.25, 0.3) is 29.6 Å². The molecule has 1 aliphatic rings. The molecule has 210 valence electrons. The molecule has 6 nitrogen and oxygen atoms in total. The van der Waals surface area contributed by atoms with Gasteiger partial charge in [0.05, 0.1) is 0 Å². The Morgan fingerprint density at radius 2 is 1.90 bits per heavy atom. The number of carbonyl (C=O) groups excluding carboxylic acids is 1. The minimum absolute atomic E-state index is 0.0331. The molecule has 1 aromatic heterocycles. The van der Waals surface area contributed by atoms with Crippen molar-refractivity contribution >= 4 is 24.1 Å². The van der Waals surface area contributed by atoms with Crippen molar-refractivity contribution in [1.82, 2.24) is 10.2 Å². The van der Waals surface area contributed by atoms with Crippen LogP contribution in [0, 0.1) is 11.3 Å². The predicted octanol–water partition coefficient (Wildman–Crippen LogP) is 5.78. The van der Waals surface area contributed by atoms with Gasteiger partial charge >= 0.3 is 0 Å². The molecule has 2 aromatic rings. The van der Waals surface area contributed by atoms with Gasteiger partial charge in [-0.25, -0.2) is 0 Å². The van der Waals surface area contributed by atoms with E-state index in [0.717, 1.165) is 29.1 Å². The van der Waals surface area contributed by atoms with Crippen molar-refractivity contribution in [2.75, 3.05) is 26.8 Å². The molecule has 0 unspecified atom stereocenters. The van der Waals surface area contributed by atoms with Crippen LogP contribution in [0.1, 0.15) is 73.0 Å². The molecule has 0 atom stereocenters. The van der Waals surface area contributed by atoms with Crippen LogP contribution in [0.5, 0.6) is 0 Å². The number of hydrogen-bond acceptors (Lipinski definition) is 5. The lowest BCUT2D eigenvalue weighted by atomic mass is 9.99. The zero-order valence-corrected chi connectivity index (χ0v) is 24.8. The number of hydrogen-bond donors (Lipinski definition) is 1. The van der Waals surface area contributed by atoms with Crippen LogP contribution in [-0.2, 0) is 9.53 Å². The molecule has 3 rings (SSSR count). The molecule has 0 saturated carbocycles. The number of nitrogens with one attached hydrogen (secondary N) is 1. The first-order chi connectivity index (χ1) is 18.7. The number of rotatable bonds is 9. The number of amides is 1. The number of piperidine rings is 1. The first kappa shape index (κ1) is 31.7. The third kappa shape index (κ3) is 8.73. The fourth-order valence-electron chi connectivity index (χ4n) is 4.48. The first-order valence-corrected chi connectivity index (χ1v) is 13.9. The fourth-order valence-corrected chi connectivity index (χ4v) is 4.48. The van der Waals surface area contributed by atoms with Gasteiger partial charge in [0.2, 0.25) is 0 Å². The Labute approximate surface area is 234 Å². The molecule has 0 aliphatic carbocycles. The van der Waals surface area contributed by atoms with Crippen molar-refractivity contribution in [2.45, 2.75) is 72.8 Å². The van der Waals surface area contributed by atoms with E-state index in [0.29, 0.717) is 30.1 Å². The van der Waals surface area contributed by atoms with Crippen molar-refractivity contribution < 1.29 is 13.9 Å². The van der Waals surface area contributed by atoms with E-state index >= 15 is 0 Å². The molecular weight excluding hydrogens is 486 g/mol. The summed E-state index contributed by atoms with van der Waals surface area (Å²) in [7, 11) is 1.62. The highest BCUT2D eigenvalue weighted by Gasteiger charge is 2.24. The highest BCUT2D eigenvalue weighted by Crippen LogP contribution is 2.27. The molecule has 2 heterocycles. The van der Waals surface area contributed by atoms with Gasteiger partial charge in [-0.05, 0) is 88.1 Å². The van der Waals surface area contributed by atoms with E-state index < -0.39 is 11.4 Å². The average Bonchev–Trinajstić information content (AvgIpc) is 3.43. The number of nitriles is 1. The number of carbonyl (C=O) groups is 1. The zero-order valence-electron chi connectivity index (χ0n) is 24.8. The largest absolute Gasteiger partial charge is 0.456 e. The van der Waals surface area contributed by atoms with Gasteiger partial charge in [-0.3, -0.25) is 4.79 Å². The quantitative estimate of drug-likeness (QED) is 0.328. The molecule has 6 heteroatoms. The standard InChI is InChI=1S/C31H39N3O3.C2H6/c1-7-26(34-16-9-8-10-17-34)20-24-11-12-25(19-22(24)2)29-14-13-28(37-29)23(3)27(21-32)30(35)33-31(4,5)15-18-36-6;1-2/h7,11-14,19-20H,2,8-10,15-18H2,1,3-6H3,(H,33,35);1-2H3/b24-20-,26-7+,27-23+;. The van der Waals surface area contributed by atoms with Gasteiger partial charge in [0.1, 0.15) is 23.2 Å². The molecule has 1 saturated heterocycles. The minimum atomic E-state index is -0.506. The second kappa shape index (κ2) is 15.1. The first-order valence-electron chi connectivity index (χ1n) is 13.9. The van der Waals surface area contributed by atoms with Gasteiger partial charge in [-0.1, -0.05) is 38.6 Å². The van der Waals surface area contributed by atoms with Crippen LogP contribution in [0.3, 0.4) is 0 Å². The zero-order chi connectivity index (χ0) is 29.0. The van der Waals surface area contributed by atoms with E-state index in [2.05, 4.69) is 41.9 Å². The number of likely N-dealkylation sites (tertiary alicyclic amines) is 1. The minimum Gasteiger partial charge on any atom is -0.456 e. The van der Waals surface area contributed by atoms with Gasteiger partial charge in [0, 0.05) is 49.2 Å². The second-order valence-electron chi connectivity index (χ2n) is 10.2. The Hall–Kier alpha value is -3.56. The molecule has 1 N–H and O–H groups in total. The highest BCUT2D eigenvalue weighted by molar-refractivity contribution is 6.04. The molecule has 0 spiro atoms. The maximum Gasteiger partial charge on any atom is 0.262 e. The van der Waals surface area contributed by atoms with Crippen molar-refractivity contribution in [3.8, 4) is 17.4 Å². The predicted molar refractivity (Wildman–Crippen MR) is 161 cm³/mol. The lowest BCUT2D eigenvalue weighted by Crippen LogP contribution is -2.44. The van der Waals surface area contributed by atoms with Crippen LogP contribution in [0.4, 0.5) is 0 Å². The van der Waals surface area contributed by atoms with E-state index in [1.165, 1.54) is 25.0 Å². The molecule has 1 amide bonds. The fraction of sp³-hybridized carbons (Fsp3) is 0.455. The van der Waals surface area contributed by atoms with Crippen molar-refractivity contribution in [3.63, 3.8) is 0 Å². The van der Waals surface area contributed by atoms with Crippen LogP contribution in [0.2, 0.25) is 0 Å². The summed E-state index contributed by atoms with van der Waals surface area (Å²) in [6, 6.07) is 11.8. The summed E-state index contributed by atoms with van der Waals surface area (Å²) in [6.45, 7) is 18.6. The van der Waals surface area contributed by atoms with Crippen LogP contribution >= 0.6 is 0 Å². The van der Waals surface area contributed by atoms with Gasteiger partial charge < -0.3 is 19.4 Å². The van der Waals surface area contributed by atoms with Crippen LogP contribution in [-0.4, -0.2) is 43.2 Å². The normalized spacial score (nSPS) is 15.2. The average molecular weight is 532 g/mol. The van der Waals surface area contributed by atoms with Gasteiger partial charge in [0.25, 0.3) is 5.91 Å². The van der Waals surface area contributed by atoms with Crippen LogP contribution in [0.15, 0.2) is 52.1 Å². The maximum atomic E-state index is 12.9. The number of methoxy groups -OCH3 is 1. The van der Waals surface area contributed by atoms with Crippen LogP contribution < -0.4 is 15.8 Å². The third-order valence-electron chi connectivity index (χ3n) is 6.82. The van der Waals surface area contributed by atoms with Crippen molar-refractivity contribution in [1.29, 1.82) is 5.26 Å². The number of ether oxygens (including phenoxy) is 1. The second-order valence-corrected chi connectivity index (χ2v) is 10.2. The monoisotopic (exact) mass is 531 g/mol. The third-order valence-corrected chi connectivity index (χ3v) is 6.82. The summed E-state index contributed by atoms with van der Waals surface area (Å²) in [4.78, 5) is 15.3. The Bertz CT molecular complexity index is 1320. The van der Waals surface area contributed by atoms with Crippen molar-refractivity contribution in [3.05, 3.63) is 63.9 Å². The summed E-state index contributed by atoms with van der Waals surface area (Å²) in [5.74, 6) is 0.720. The Morgan fingerprint density at radius 1 is 1.21 bits per heavy atom. The van der Waals surface area contributed by atoms with E-state index in [4.69, 9.17) is 9.15 Å². The molecule has 1 aromatic carbocycles. The van der Waals surface area contributed by atoms with E-state index in [-0.39, 0.29) is 5.57 Å². The van der Waals surface area contributed by atoms with Crippen molar-refractivity contribution in [2.24, 2.45) is 0 Å². The maximum absolute atomic E-state index is 12.9. The Kier molecular flexibility index (Phi) is 12.3. The Morgan fingerprint density at radius 3 is 2.49 bits per heavy atom. The molecule has 1 aliphatic heterocycles. The summed E-state index contributed by atoms with van der Waals surface area (Å²) < 4.78 is 11.2.